The predicted octanol–water partition coefficient (Wildman–Crippen LogP) is 2.85. The highest BCUT2D eigenvalue weighted by Gasteiger charge is 2.16. The number of esters is 1. The van der Waals surface area contributed by atoms with Gasteiger partial charge in [-0.05, 0) is 36.5 Å². The number of rotatable bonds is 2. The molecule has 1 N–H and O–H groups in total. The lowest BCUT2D eigenvalue weighted by Gasteiger charge is -2.22. The fraction of sp³-hybridized carbons (Fsp3) is 0.467. The van der Waals surface area contributed by atoms with Gasteiger partial charge in [0.15, 0.2) is 0 Å². The van der Waals surface area contributed by atoms with E-state index in [9.17, 15) is 9.59 Å². The summed E-state index contributed by atoms with van der Waals surface area (Å²) in [5.74, 6) is -0.983. The molecule has 102 valence electrons. The topological polar surface area (TPSA) is 55.4 Å². The number of carbonyl (C=O) groups is 2. The molecule has 1 amide bonds. The van der Waals surface area contributed by atoms with E-state index in [-0.39, 0.29) is 0 Å². The molecule has 1 saturated carbocycles. The summed E-state index contributed by atoms with van der Waals surface area (Å²) in [6.07, 6.45) is 6.42. The van der Waals surface area contributed by atoms with Crippen molar-refractivity contribution in [2.24, 2.45) is 0 Å². The third-order valence-corrected chi connectivity index (χ3v) is 3.62. The number of amides is 1. The number of carbonyl (C=O) groups excluding carboxylic acids is 2. The molecule has 2 rings (SSSR count). The molecule has 1 aliphatic carbocycles. The van der Waals surface area contributed by atoms with Gasteiger partial charge in [-0.25, -0.2) is 4.79 Å². The molecule has 0 atom stereocenters. The van der Waals surface area contributed by atoms with Gasteiger partial charge in [-0.2, -0.15) is 0 Å². The number of ether oxygens (including phenoxy) is 1. The lowest BCUT2D eigenvalue weighted by Crippen LogP contribution is -2.23. The summed E-state index contributed by atoms with van der Waals surface area (Å²) >= 11 is 0. The third kappa shape index (κ3) is 3.56. The van der Waals surface area contributed by atoms with Crippen LogP contribution in [0.3, 0.4) is 0 Å². The van der Waals surface area contributed by atoms with Crippen LogP contribution in [0.4, 0.5) is 5.69 Å². The van der Waals surface area contributed by atoms with E-state index in [4.69, 9.17) is 0 Å². The first-order chi connectivity index (χ1) is 9.20. The largest absolute Gasteiger partial charge is 0.462 e. The highest BCUT2D eigenvalue weighted by molar-refractivity contribution is 6.37. The van der Waals surface area contributed by atoms with Gasteiger partial charge in [-0.3, -0.25) is 4.79 Å². The molecule has 0 spiro atoms. The Hall–Kier alpha value is -1.84. The van der Waals surface area contributed by atoms with Gasteiger partial charge in [0.25, 0.3) is 0 Å². The van der Waals surface area contributed by atoms with Crippen molar-refractivity contribution in [1.29, 1.82) is 0 Å². The van der Waals surface area contributed by atoms with E-state index < -0.39 is 11.9 Å². The Labute approximate surface area is 113 Å². The number of benzene rings is 1. The first kappa shape index (κ1) is 13.6. The van der Waals surface area contributed by atoms with Crippen LogP contribution in [0.1, 0.15) is 43.6 Å². The summed E-state index contributed by atoms with van der Waals surface area (Å²) in [6.45, 7) is 0. The number of methoxy groups -OCH3 is 1. The summed E-state index contributed by atoms with van der Waals surface area (Å²) in [6, 6.07) is 7.74. The zero-order valence-electron chi connectivity index (χ0n) is 11.1. The Morgan fingerprint density at radius 3 is 2.32 bits per heavy atom. The Morgan fingerprint density at radius 1 is 1.11 bits per heavy atom. The number of anilines is 1. The molecule has 19 heavy (non-hydrogen) atoms. The molecule has 1 aromatic rings. The molecular weight excluding hydrogens is 242 g/mol. The minimum Gasteiger partial charge on any atom is -0.462 e. The molecule has 0 aliphatic heterocycles. The van der Waals surface area contributed by atoms with Crippen LogP contribution in [-0.4, -0.2) is 19.0 Å². The molecular formula is C15H19NO3. The fourth-order valence-electron chi connectivity index (χ4n) is 2.55. The number of hydrogen-bond donors (Lipinski definition) is 1. The molecule has 1 aromatic carbocycles. The number of hydrogen-bond acceptors (Lipinski definition) is 3. The van der Waals surface area contributed by atoms with Crippen LogP contribution in [0.15, 0.2) is 24.3 Å². The average molecular weight is 261 g/mol. The van der Waals surface area contributed by atoms with Gasteiger partial charge in [0.2, 0.25) is 0 Å². The van der Waals surface area contributed by atoms with Crippen LogP contribution in [0.5, 0.6) is 0 Å². The van der Waals surface area contributed by atoms with Crippen molar-refractivity contribution in [2.75, 3.05) is 12.4 Å². The summed E-state index contributed by atoms with van der Waals surface area (Å²) in [7, 11) is 1.19. The quantitative estimate of drug-likeness (QED) is 0.658. The smallest absolute Gasteiger partial charge is 0.396 e. The Bertz CT molecular complexity index is 447. The van der Waals surface area contributed by atoms with Crippen LogP contribution in [0.25, 0.3) is 0 Å². The van der Waals surface area contributed by atoms with Crippen molar-refractivity contribution in [2.45, 2.75) is 38.0 Å². The summed E-state index contributed by atoms with van der Waals surface area (Å²) in [4.78, 5) is 22.3. The summed E-state index contributed by atoms with van der Waals surface area (Å²) < 4.78 is 4.35. The van der Waals surface area contributed by atoms with Gasteiger partial charge in [-0.1, -0.05) is 31.4 Å². The second-order valence-electron chi connectivity index (χ2n) is 4.90. The fourth-order valence-corrected chi connectivity index (χ4v) is 2.55. The van der Waals surface area contributed by atoms with Crippen molar-refractivity contribution in [1.82, 2.24) is 0 Å². The zero-order valence-corrected chi connectivity index (χ0v) is 11.1. The summed E-state index contributed by atoms with van der Waals surface area (Å²) in [5, 5.41) is 2.51. The van der Waals surface area contributed by atoms with Gasteiger partial charge in [0.05, 0.1) is 7.11 Å². The van der Waals surface area contributed by atoms with Crippen molar-refractivity contribution in [3.8, 4) is 0 Å². The highest BCUT2D eigenvalue weighted by atomic mass is 16.5. The molecule has 0 unspecified atom stereocenters. The van der Waals surface area contributed by atoms with E-state index in [1.54, 1.807) is 0 Å². The molecule has 0 heterocycles. The molecule has 1 aliphatic rings. The Kier molecular flexibility index (Phi) is 4.55. The minimum absolute atomic E-state index is 0.620. The van der Waals surface area contributed by atoms with Crippen molar-refractivity contribution in [3.05, 3.63) is 29.8 Å². The third-order valence-electron chi connectivity index (χ3n) is 3.62. The molecule has 0 saturated heterocycles. The first-order valence-electron chi connectivity index (χ1n) is 6.70. The number of nitrogens with one attached hydrogen (secondary N) is 1. The van der Waals surface area contributed by atoms with E-state index in [2.05, 4.69) is 10.1 Å². The van der Waals surface area contributed by atoms with E-state index in [1.165, 1.54) is 44.8 Å². The van der Waals surface area contributed by atoms with Crippen molar-refractivity contribution in [3.63, 3.8) is 0 Å². The van der Waals surface area contributed by atoms with Gasteiger partial charge in [0, 0.05) is 5.69 Å². The van der Waals surface area contributed by atoms with E-state index >= 15 is 0 Å². The summed E-state index contributed by atoms with van der Waals surface area (Å²) in [5.41, 5.74) is 1.94. The normalized spacial score (nSPS) is 15.8. The lowest BCUT2D eigenvalue weighted by molar-refractivity contribution is -0.150. The van der Waals surface area contributed by atoms with Crippen LogP contribution in [0, 0.1) is 0 Å². The predicted molar refractivity (Wildman–Crippen MR) is 72.9 cm³/mol. The standard InChI is InChI=1S/C15H19NO3/c1-19-15(18)14(17)16-13-9-7-12(8-10-13)11-5-3-2-4-6-11/h7-11H,2-6H2,1H3,(H,16,17). The highest BCUT2D eigenvalue weighted by Crippen LogP contribution is 2.32. The molecule has 4 heteroatoms. The maximum absolute atomic E-state index is 11.3. The van der Waals surface area contributed by atoms with Crippen LogP contribution in [0.2, 0.25) is 0 Å². The maximum Gasteiger partial charge on any atom is 0.396 e. The zero-order chi connectivity index (χ0) is 13.7. The van der Waals surface area contributed by atoms with Crippen molar-refractivity contribution >= 4 is 17.6 Å². The molecule has 0 aromatic heterocycles. The molecule has 0 radical (unpaired) electrons. The van der Waals surface area contributed by atoms with Crippen molar-refractivity contribution < 1.29 is 14.3 Å². The maximum atomic E-state index is 11.3. The monoisotopic (exact) mass is 261 g/mol. The van der Waals surface area contributed by atoms with Crippen LogP contribution >= 0.6 is 0 Å². The molecule has 4 nitrogen and oxygen atoms in total. The minimum atomic E-state index is -0.878. The van der Waals surface area contributed by atoms with Crippen LogP contribution in [-0.2, 0) is 14.3 Å². The second kappa shape index (κ2) is 6.36. The van der Waals surface area contributed by atoms with Gasteiger partial charge in [-0.15, -0.1) is 0 Å². The first-order valence-corrected chi connectivity index (χ1v) is 6.70. The van der Waals surface area contributed by atoms with E-state index in [0.717, 1.165) is 0 Å². The van der Waals surface area contributed by atoms with E-state index in [1.807, 2.05) is 24.3 Å². The Morgan fingerprint density at radius 2 is 1.74 bits per heavy atom. The van der Waals surface area contributed by atoms with E-state index in [0.29, 0.717) is 11.6 Å². The van der Waals surface area contributed by atoms with Gasteiger partial charge in [0.1, 0.15) is 0 Å². The van der Waals surface area contributed by atoms with Crippen LogP contribution < -0.4 is 5.32 Å². The Balaban J connectivity index is 1.98. The second-order valence-corrected chi connectivity index (χ2v) is 4.90. The molecule has 1 fully saturated rings. The lowest BCUT2D eigenvalue weighted by atomic mass is 9.84. The molecule has 0 bridgehead atoms. The average Bonchev–Trinajstić information content (AvgIpc) is 2.48. The van der Waals surface area contributed by atoms with Gasteiger partial charge >= 0.3 is 11.9 Å². The van der Waals surface area contributed by atoms with Gasteiger partial charge < -0.3 is 10.1 Å². The SMILES string of the molecule is COC(=O)C(=O)Nc1ccc(C2CCCCC2)cc1.